The molecule has 334 valence electrons. The minimum atomic E-state index is -1.26. The third-order valence-corrected chi connectivity index (χ3v) is 14.4. The summed E-state index contributed by atoms with van der Waals surface area (Å²) in [7, 11) is 0. The normalized spacial score (nSPS) is 31.8. The van der Waals surface area contributed by atoms with Crippen LogP contribution in [-0.2, 0) is 33.6 Å². The monoisotopic (exact) mass is 839 g/mol. The van der Waals surface area contributed by atoms with Crippen LogP contribution in [0.5, 0.6) is 0 Å². The minimum Gasteiger partial charge on any atom is -0.481 e. The molecule has 0 spiro atoms. The molecule has 0 aromatic heterocycles. The van der Waals surface area contributed by atoms with Gasteiger partial charge in [-0.3, -0.25) is 48.3 Å². The number of carboxylic acids is 5. The first kappa shape index (κ1) is 47.8. The van der Waals surface area contributed by atoms with Crippen LogP contribution in [0.1, 0.15) is 78.6 Å². The molecule has 59 heavy (non-hydrogen) atoms. The summed E-state index contributed by atoms with van der Waals surface area (Å²) in [5.74, 6) is -6.24. The van der Waals surface area contributed by atoms with Gasteiger partial charge in [0.15, 0.2) is 0 Å². The molecule has 19 heteroatoms. The maximum Gasteiger partial charge on any atom is 0.317 e. The topological polar surface area (TPSA) is 295 Å². The molecule has 0 aromatic carbocycles. The van der Waals surface area contributed by atoms with E-state index in [1.165, 1.54) is 4.90 Å². The Bertz CT molecular complexity index is 1480. The zero-order chi connectivity index (χ0) is 43.8. The number of nitrogens with zero attached hydrogens (tertiary/aromatic N) is 3. The van der Waals surface area contributed by atoms with E-state index in [0.29, 0.717) is 32.1 Å². The molecule has 4 rings (SSSR count). The lowest BCUT2D eigenvalue weighted by Crippen LogP contribution is -2.63. The van der Waals surface area contributed by atoms with E-state index in [2.05, 4.69) is 31.4 Å². The van der Waals surface area contributed by atoms with E-state index < -0.39 is 85.5 Å². The first-order valence-electron chi connectivity index (χ1n) is 20.8. The molecule has 4 fully saturated rings. The Labute approximate surface area is 344 Å². The largest absolute Gasteiger partial charge is 0.481 e. The minimum absolute atomic E-state index is 0.0202. The summed E-state index contributed by atoms with van der Waals surface area (Å²) in [5.41, 5.74) is -0.564. The molecule has 0 heterocycles. The van der Waals surface area contributed by atoms with Gasteiger partial charge in [0.05, 0.1) is 51.5 Å². The van der Waals surface area contributed by atoms with Gasteiger partial charge in [0.2, 0.25) is 11.8 Å². The molecule has 4 saturated carbocycles. The van der Waals surface area contributed by atoms with Crippen LogP contribution in [0, 0.1) is 46.3 Å². The Morgan fingerprint density at radius 1 is 0.661 bits per heavy atom. The van der Waals surface area contributed by atoms with Crippen molar-refractivity contribution in [1.82, 2.24) is 25.3 Å². The molecule has 4 aliphatic rings. The van der Waals surface area contributed by atoms with E-state index in [4.69, 9.17) is 0 Å². The molecular weight excluding hydrogens is 774 g/mol. The average molecular weight is 840 g/mol. The Morgan fingerprint density at radius 3 is 1.73 bits per heavy atom. The third kappa shape index (κ3) is 12.3. The maximum absolute atomic E-state index is 13.2. The molecule has 0 unspecified atom stereocenters. The van der Waals surface area contributed by atoms with Crippen molar-refractivity contribution in [3.8, 4) is 0 Å². The molecule has 0 radical (unpaired) electrons. The van der Waals surface area contributed by atoms with Gasteiger partial charge in [-0.15, -0.1) is 0 Å². The second-order valence-electron chi connectivity index (χ2n) is 18.1. The Kier molecular flexibility index (Phi) is 16.7. The van der Waals surface area contributed by atoms with Crippen LogP contribution in [-0.4, -0.2) is 176 Å². The van der Waals surface area contributed by atoms with Crippen molar-refractivity contribution in [2.75, 3.05) is 65.4 Å². The van der Waals surface area contributed by atoms with Gasteiger partial charge in [-0.05, 0) is 97.7 Å². The van der Waals surface area contributed by atoms with Crippen LogP contribution in [0.25, 0.3) is 0 Å². The average Bonchev–Trinajstić information content (AvgIpc) is 3.49. The van der Waals surface area contributed by atoms with Crippen LogP contribution in [0.2, 0.25) is 0 Å². The highest BCUT2D eigenvalue weighted by Gasteiger charge is 2.65. The van der Waals surface area contributed by atoms with Gasteiger partial charge >= 0.3 is 29.8 Å². The Morgan fingerprint density at radius 2 is 1.20 bits per heavy atom. The zero-order valence-electron chi connectivity index (χ0n) is 34.5. The molecule has 19 nitrogen and oxygen atoms in total. The summed E-state index contributed by atoms with van der Waals surface area (Å²) in [6.07, 6.45) is 4.52. The van der Waals surface area contributed by atoms with Crippen LogP contribution in [0.4, 0.5) is 0 Å². The predicted molar refractivity (Wildman–Crippen MR) is 209 cm³/mol. The van der Waals surface area contributed by atoms with Gasteiger partial charge in [-0.2, -0.15) is 0 Å². The Balaban J connectivity index is 1.33. The van der Waals surface area contributed by atoms with Crippen molar-refractivity contribution >= 4 is 41.7 Å². The highest BCUT2D eigenvalue weighted by atomic mass is 16.4. The molecule has 9 N–H and O–H groups in total. The number of hydrogen-bond donors (Lipinski definition) is 9. The number of amides is 2. The van der Waals surface area contributed by atoms with Crippen LogP contribution >= 0.6 is 0 Å². The Hall–Kier alpha value is -3.91. The lowest BCUT2D eigenvalue weighted by Gasteiger charge is -2.63. The smallest absolute Gasteiger partial charge is 0.317 e. The number of fused-ring (bicyclic) bond motifs is 5. The molecule has 0 saturated heterocycles. The van der Waals surface area contributed by atoms with E-state index in [0.717, 1.165) is 29.1 Å². The van der Waals surface area contributed by atoms with Gasteiger partial charge in [-0.25, -0.2) is 0 Å². The predicted octanol–water partition coefficient (Wildman–Crippen LogP) is -0.0668. The number of carbonyl (C=O) groups excluding carboxylic acids is 2. The standard InChI is InChI=1S/C40H65N5O14/c1-23(4-7-33(50)51)26-5-6-27-38-28(16-30(47)40(26,27)3)39(2)9-8-25(14-24(39)15-29(38)46)42-31(48)17-41-32(49)18-43(10-12-44(19-34(52)53)20-35(54)55)11-13-45(21-36(56)57)22-37(58)59/h23-30,38,46-47H,4-22H2,1-3H3,(H,41,49)(H,42,48)(H,50,51)(H,52,53)(H,54,55)(H,56,57)(H,58,59)/t23-,24+,25+,26-,27+,28+,29-,30+,38+,39+,40-/m1/s1. The van der Waals surface area contributed by atoms with Crippen molar-refractivity contribution in [2.24, 2.45) is 46.3 Å². The molecule has 11 atom stereocenters. The number of carbonyl (C=O) groups is 7. The van der Waals surface area contributed by atoms with Crippen molar-refractivity contribution in [3.05, 3.63) is 0 Å². The van der Waals surface area contributed by atoms with Crippen molar-refractivity contribution < 1.29 is 69.3 Å². The van der Waals surface area contributed by atoms with Crippen molar-refractivity contribution in [2.45, 2.75) is 96.8 Å². The van der Waals surface area contributed by atoms with Gasteiger partial charge in [0, 0.05) is 38.6 Å². The van der Waals surface area contributed by atoms with Crippen LogP contribution < -0.4 is 10.6 Å². The fraction of sp³-hybridized carbons (Fsp3) is 0.825. The van der Waals surface area contributed by atoms with Crippen LogP contribution in [0.15, 0.2) is 0 Å². The summed E-state index contributed by atoms with van der Waals surface area (Å²) in [5, 5.41) is 75.4. The fourth-order valence-corrected chi connectivity index (χ4v) is 11.6. The van der Waals surface area contributed by atoms with Crippen molar-refractivity contribution in [3.63, 3.8) is 0 Å². The summed E-state index contributed by atoms with van der Waals surface area (Å²) < 4.78 is 0. The number of rotatable bonds is 23. The zero-order valence-corrected chi connectivity index (χ0v) is 34.5. The fourth-order valence-electron chi connectivity index (χ4n) is 11.6. The molecule has 0 aromatic rings. The molecular formula is C40H65N5O14. The third-order valence-electron chi connectivity index (χ3n) is 14.4. The van der Waals surface area contributed by atoms with E-state index in [1.807, 2.05) is 0 Å². The van der Waals surface area contributed by atoms with Gasteiger partial charge < -0.3 is 46.4 Å². The number of carboxylic acid groups (broad SMARTS) is 5. The number of aliphatic carboxylic acids is 5. The second-order valence-corrected chi connectivity index (χ2v) is 18.1. The lowest BCUT2D eigenvalue weighted by molar-refractivity contribution is -0.202. The summed E-state index contributed by atoms with van der Waals surface area (Å²) >= 11 is 0. The number of aliphatic hydroxyl groups excluding tert-OH is 2. The molecule has 2 amide bonds. The summed E-state index contributed by atoms with van der Waals surface area (Å²) in [4.78, 5) is 86.5. The number of hydrogen-bond acceptors (Lipinski definition) is 12. The summed E-state index contributed by atoms with van der Waals surface area (Å²) in [6.45, 7) is 3.25. The second kappa shape index (κ2) is 20.6. The maximum atomic E-state index is 13.2. The molecule has 0 bridgehead atoms. The highest BCUT2D eigenvalue weighted by molar-refractivity contribution is 5.85. The van der Waals surface area contributed by atoms with Gasteiger partial charge in [0.1, 0.15) is 0 Å². The van der Waals surface area contributed by atoms with Crippen molar-refractivity contribution in [1.29, 1.82) is 0 Å². The molecule has 0 aliphatic heterocycles. The quantitative estimate of drug-likeness (QED) is 0.0651. The SMILES string of the molecule is C[C@H](CCC(=O)O)[C@H]1CC[C@H]2[C@@H]3[C@H](O)C[C@@H]4C[C@@H](NC(=O)CNC(=O)CN(CCN(CC(=O)O)CC(=O)O)CCN(CC(=O)O)CC(=O)O)CC[C@]4(C)[C@H]3C[C@H](O)[C@]12C. The number of nitrogens with one attached hydrogen (secondary N) is 2. The van der Waals surface area contributed by atoms with E-state index in [-0.39, 0.29) is 92.7 Å². The highest BCUT2D eigenvalue weighted by Crippen LogP contribution is 2.68. The lowest BCUT2D eigenvalue weighted by atomic mass is 9.43. The number of aliphatic hydroxyl groups is 2. The first-order valence-corrected chi connectivity index (χ1v) is 20.8. The van der Waals surface area contributed by atoms with E-state index in [1.54, 1.807) is 0 Å². The molecule has 4 aliphatic carbocycles. The van der Waals surface area contributed by atoms with E-state index >= 15 is 0 Å². The first-order chi connectivity index (χ1) is 27.6. The van der Waals surface area contributed by atoms with Gasteiger partial charge in [0.25, 0.3) is 0 Å². The summed E-state index contributed by atoms with van der Waals surface area (Å²) in [6, 6.07) is -0.202. The van der Waals surface area contributed by atoms with Crippen LogP contribution in [0.3, 0.4) is 0 Å². The van der Waals surface area contributed by atoms with Gasteiger partial charge in [-0.1, -0.05) is 20.8 Å². The van der Waals surface area contributed by atoms with E-state index in [9.17, 15) is 69.3 Å².